The molecule has 4 nitrogen and oxygen atoms in total. The first-order valence-corrected chi connectivity index (χ1v) is 7.16. The monoisotopic (exact) mass is 281 g/mol. The van der Waals surface area contributed by atoms with Gasteiger partial charge < -0.3 is 19.9 Å². The lowest BCUT2D eigenvalue weighted by Gasteiger charge is -2.23. The van der Waals surface area contributed by atoms with Crippen molar-refractivity contribution in [1.29, 1.82) is 0 Å². The number of ether oxygens (including phenoxy) is 3. The van der Waals surface area contributed by atoms with Crippen LogP contribution in [-0.2, 0) is 4.74 Å². The molecule has 1 aromatic carbocycles. The zero-order valence-corrected chi connectivity index (χ0v) is 13.2. The molecule has 1 unspecified atom stereocenters. The number of nitrogens with two attached hydrogens (primary N) is 1. The lowest BCUT2D eigenvalue weighted by atomic mass is 10.1. The van der Waals surface area contributed by atoms with Gasteiger partial charge in [0.1, 0.15) is 0 Å². The predicted octanol–water partition coefficient (Wildman–Crippen LogP) is 3.30. The Morgan fingerprint density at radius 1 is 1.05 bits per heavy atom. The highest BCUT2D eigenvalue weighted by atomic mass is 16.5. The molecule has 0 saturated carbocycles. The van der Waals surface area contributed by atoms with E-state index in [9.17, 15) is 0 Å². The lowest BCUT2D eigenvalue weighted by molar-refractivity contribution is -0.0102. The molecule has 114 valence electrons. The van der Waals surface area contributed by atoms with Gasteiger partial charge in [-0.1, -0.05) is 6.07 Å². The summed E-state index contributed by atoms with van der Waals surface area (Å²) in [6.07, 6.45) is 0. The molecule has 0 aliphatic heterocycles. The average molecular weight is 281 g/mol. The normalized spacial score (nSPS) is 13.1. The van der Waals surface area contributed by atoms with Gasteiger partial charge in [0.2, 0.25) is 0 Å². The topological polar surface area (TPSA) is 53.7 Å². The molecule has 1 aromatic rings. The number of hydrogen-bond donors (Lipinski definition) is 1. The van der Waals surface area contributed by atoms with E-state index in [-0.39, 0.29) is 11.6 Å². The lowest BCUT2D eigenvalue weighted by Crippen LogP contribution is -2.26. The van der Waals surface area contributed by atoms with Crippen LogP contribution in [0.1, 0.15) is 46.2 Å². The first-order valence-electron chi connectivity index (χ1n) is 7.16. The van der Waals surface area contributed by atoms with Gasteiger partial charge in [-0.2, -0.15) is 0 Å². The zero-order valence-electron chi connectivity index (χ0n) is 13.2. The fourth-order valence-corrected chi connectivity index (χ4v) is 1.73. The Kier molecular flexibility index (Phi) is 6.30. The van der Waals surface area contributed by atoms with Crippen molar-refractivity contribution < 1.29 is 14.2 Å². The summed E-state index contributed by atoms with van der Waals surface area (Å²) in [4.78, 5) is 0. The van der Waals surface area contributed by atoms with Crippen molar-refractivity contribution in [2.75, 3.05) is 19.8 Å². The van der Waals surface area contributed by atoms with Crippen molar-refractivity contribution >= 4 is 0 Å². The van der Waals surface area contributed by atoms with Gasteiger partial charge in [0.25, 0.3) is 0 Å². The van der Waals surface area contributed by atoms with Gasteiger partial charge in [-0.05, 0) is 52.3 Å². The minimum absolute atomic E-state index is 0.177. The fourth-order valence-electron chi connectivity index (χ4n) is 1.73. The predicted molar refractivity (Wildman–Crippen MR) is 81.4 cm³/mol. The first kappa shape index (κ1) is 16.8. The van der Waals surface area contributed by atoms with E-state index in [0.29, 0.717) is 19.8 Å². The largest absolute Gasteiger partial charge is 0.490 e. The number of benzene rings is 1. The highest BCUT2D eigenvalue weighted by Gasteiger charge is 2.16. The Hall–Kier alpha value is -1.26. The van der Waals surface area contributed by atoms with Crippen LogP contribution in [0.4, 0.5) is 0 Å². The van der Waals surface area contributed by atoms with Gasteiger partial charge in [-0.25, -0.2) is 0 Å². The summed E-state index contributed by atoms with van der Waals surface area (Å²) in [6.45, 7) is 11.6. The highest BCUT2D eigenvalue weighted by molar-refractivity contribution is 5.43. The van der Waals surface area contributed by atoms with Crippen LogP contribution >= 0.6 is 0 Å². The van der Waals surface area contributed by atoms with Crippen molar-refractivity contribution in [3.63, 3.8) is 0 Å². The third kappa shape index (κ3) is 5.39. The van der Waals surface area contributed by atoms with Gasteiger partial charge in [0, 0.05) is 0 Å². The van der Waals surface area contributed by atoms with E-state index in [1.165, 1.54) is 0 Å². The van der Waals surface area contributed by atoms with Crippen LogP contribution in [0.2, 0.25) is 0 Å². The molecular formula is C16H27NO3. The van der Waals surface area contributed by atoms with Crippen LogP contribution in [-0.4, -0.2) is 25.4 Å². The van der Waals surface area contributed by atoms with Crippen LogP contribution < -0.4 is 15.2 Å². The van der Waals surface area contributed by atoms with Crippen LogP contribution in [0.5, 0.6) is 11.5 Å². The molecule has 0 amide bonds. The Labute approximate surface area is 122 Å². The van der Waals surface area contributed by atoms with Crippen molar-refractivity contribution in [2.45, 2.75) is 46.3 Å². The summed E-state index contributed by atoms with van der Waals surface area (Å²) >= 11 is 0. The Morgan fingerprint density at radius 2 is 1.65 bits per heavy atom. The summed E-state index contributed by atoms with van der Waals surface area (Å²) in [5.74, 6) is 1.49. The maximum Gasteiger partial charge on any atom is 0.161 e. The first-order chi connectivity index (χ1) is 9.37. The van der Waals surface area contributed by atoms with Crippen LogP contribution in [0.25, 0.3) is 0 Å². The van der Waals surface area contributed by atoms with Crippen molar-refractivity contribution in [3.05, 3.63) is 23.8 Å². The van der Waals surface area contributed by atoms with Crippen molar-refractivity contribution in [3.8, 4) is 11.5 Å². The summed E-state index contributed by atoms with van der Waals surface area (Å²) < 4.78 is 16.9. The van der Waals surface area contributed by atoms with E-state index in [2.05, 4.69) is 0 Å². The average Bonchev–Trinajstić information content (AvgIpc) is 2.37. The summed E-state index contributed by atoms with van der Waals surface area (Å²) in [7, 11) is 0. The molecule has 0 aliphatic rings. The van der Waals surface area contributed by atoms with E-state index in [4.69, 9.17) is 19.9 Å². The van der Waals surface area contributed by atoms with E-state index >= 15 is 0 Å². The molecule has 0 fully saturated rings. The maximum atomic E-state index is 6.17. The molecule has 1 atom stereocenters. The third-order valence-corrected chi connectivity index (χ3v) is 2.69. The molecule has 0 spiro atoms. The molecular weight excluding hydrogens is 254 g/mol. The Balaban J connectivity index is 2.82. The molecule has 20 heavy (non-hydrogen) atoms. The molecule has 0 saturated heterocycles. The molecule has 0 aliphatic carbocycles. The smallest absolute Gasteiger partial charge is 0.161 e. The number of hydrogen-bond acceptors (Lipinski definition) is 4. The van der Waals surface area contributed by atoms with Gasteiger partial charge in [0.15, 0.2) is 11.5 Å². The summed E-state index contributed by atoms with van der Waals surface area (Å²) in [5, 5.41) is 0. The maximum absolute atomic E-state index is 6.17. The fraction of sp³-hybridized carbons (Fsp3) is 0.625. The zero-order chi connectivity index (χ0) is 15.2. The Morgan fingerprint density at radius 3 is 2.20 bits per heavy atom. The van der Waals surface area contributed by atoms with E-state index in [1.807, 2.05) is 52.8 Å². The second-order valence-electron chi connectivity index (χ2n) is 5.60. The molecule has 0 heterocycles. The molecule has 2 N–H and O–H groups in total. The van der Waals surface area contributed by atoms with Gasteiger partial charge in [-0.15, -0.1) is 0 Å². The molecule has 4 heteroatoms. The summed E-state index contributed by atoms with van der Waals surface area (Å²) in [5.41, 5.74) is 6.97. The SMILES string of the molecule is CCOc1ccc(C(N)COC(C)(C)C)cc1OCC. The molecule has 1 rings (SSSR count). The van der Waals surface area contributed by atoms with Gasteiger partial charge >= 0.3 is 0 Å². The minimum Gasteiger partial charge on any atom is -0.490 e. The standard InChI is InChI=1S/C16H27NO3/c1-6-18-14-9-8-12(10-15(14)19-7-2)13(17)11-20-16(3,4)5/h8-10,13H,6-7,11,17H2,1-5H3. The van der Waals surface area contributed by atoms with Crippen LogP contribution in [0, 0.1) is 0 Å². The van der Waals surface area contributed by atoms with Crippen molar-refractivity contribution in [2.24, 2.45) is 5.73 Å². The second kappa shape index (κ2) is 7.50. The van der Waals surface area contributed by atoms with Crippen LogP contribution in [0.15, 0.2) is 18.2 Å². The summed E-state index contributed by atoms with van der Waals surface area (Å²) in [6, 6.07) is 5.62. The van der Waals surface area contributed by atoms with E-state index in [0.717, 1.165) is 17.1 Å². The Bertz CT molecular complexity index is 413. The molecule has 0 radical (unpaired) electrons. The van der Waals surface area contributed by atoms with Gasteiger partial charge in [-0.3, -0.25) is 0 Å². The molecule has 0 aromatic heterocycles. The highest BCUT2D eigenvalue weighted by Crippen LogP contribution is 2.30. The second-order valence-corrected chi connectivity index (χ2v) is 5.60. The minimum atomic E-state index is -0.189. The third-order valence-electron chi connectivity index (χ3n) is 2.69. The van der Waals surface area contributed by atoms with E-state index in [1.54, 1.807) is 0 Å². The molecule has 0 bridgehead atoms. The number of rotatable bonds is 7. The van der Waals surface area contributed by atoms with Crippen LogP contribution in [0.3, 0.4) is 0 Å². The van der Waals surface area contributed by atoms with E-state index < -0.39 is 0 Å². The van der Waals surface area contributed by atoms with Crippen molar-refractivity contribution in [1.82, 2.24) is 0 Å². The van der Waals surface area contributed by atoms with Gasteiger partial charge in [0.05, 0.1) is 31.5 Å². The quantitative estimate of drug-likeness (QED) is 0.833.